The Bertz CT molecular complexity index is 3540. The highest BCUT2D eigenvalue weighted by molar-refractivity contribution is 6.22. The monoisotopic (exact) mass is 780 g/mol. The Morgan fingerprint density at radius 1 is 0.311 bits per heavy atom. The number of rotatable bonds is 7. The predicted molar refractivity (Wildman–Crippen MR) is 253 cm³/mol. The van der Waals surface area contributed by atoms with E-state index in [2.05, 4.69) is 199 Å². The van der Waals surface area contributed by atoms with Gasteiger partial charge in [0.05, 0.1) is 0 Å². The van der Waals surface area contributed by atoms with Crippen molar-refractivity contribution in [2.75, 3.05) is 4.90 Å². The van der Waals surface area contributed by atoms with E-state index in [0.29, 0.717) is 5.89 Å². The first-order chi connectivity index (χ1) is 30.2. The molecule has 0 aliphatic rings. The molecule has 0 atom stereocenters. The molecule has 0 bridgehead atoms. The molecule has 0 radical (unpaired) electrons. The van der Waals surface area contributed by atoms with Crippen LogP contribution in [0.2, 0.25) is 0 Å². The normalized spacial score (nSPS) is 11.6. The summed E-state index contributed by atoms with van der Waals surface area (Å²) in [6, 6.07) is 77.0. The van der Waals surface area contributed by atoms with E-state index in [9.17, 15) is 0 Å². The molecule has 0 aliphatic carbocycles. The van der Waals surface area contributed by atoms with Crippen molar-refractivity contribution in [2.45, 2.75) is 0 Å². The van der Waals surface area contributed by atoms with Crippen molar-refractivity contribution in [3.05, 3.63) is 218 Å². The number of benzene rings is 10. The fraction of sp³-hybridized carbons (Fsp3) is 0. The van der Waals surface area contributed by atoms with Crippen LogP contribution in [0.4, 0.5) is 17.1 Å². The van der Waals surface area contributed by atoms with Gasteiger partial charge in [-0.1, -0.05) is 146 Å². The zero-order chi connectivity index (χ0) is 40.3. The summed E-state index contributed by atoms with van der Waals surface area (Å²) in [6.45, 7) is 0. The fourth-order valence-electron chi connectivity index (χ4n) is 9.02. The van der Waals surface area contributed by atoms with Gasteiger partial charge < -0.3 is 13.7 Å². The van der Waals surface area contributed by atoms with Gasteiger partial charge in [0.25, 0.3) is 0 Å². The van der Waals surface area contributed by atoms with Crippen LogP contribution in [0.25, 0.3) is 99.4 Å². The molecule has 0 fully saturated rings. The lowest BCUT2D eigenvalue weighted by Gasteiger charge is -2.26. The summed E-state index contributed by atoms with van der Waals surface area (Å²) in [6.07, 6.45) is 0. The maximum Gasteiger partial charge on any atom is 0.227 e. The van der Waals surface area contributed by atoms with Crippen molar-refractivity contribution in [1.82, 2.24) is 4.98 Å². The van der Waals surface area contributed by atoms with E-state index in [1.54, 1.807) is 0 Å². The Labute approximate surface area is 352 Å². The summed E-state index contributed by atoms with van der Waals surface area (Å²) in [4.78, 5) is 7.14. The number of aromatic nitrogens is 1. The molecule has 0 saturated heterocycles. The second kappa shape index (κ2) is 14.3. The number of nitrogens with zero attached hydrogens (tertiary/aromatic N) is 2. The average Bonchev–Trinajstić information content (AvgIpc) is 3.94. The van der Waals surface area contributed by atoms with Crippen LogP contribution < -0.4 is 4.90 Å². The van der Waals surface area contributed by atoms with E-state index in [1.165, 1.54) is 16.5 Å². The van der Waals surface area contributed by atoms with Crippen molar-refractivity contribution in [3.63, 3.8) is 0 Å². The van der Waals surface area contributed by atoms with Gasteiger partial charge in [-0.2, -0.15) is 0 Å². The molecule has 0 amide bonds. The molecule has 12 aromatic rings. The second-order valence-corrected chi connectivity index (χ2v) is 15.5. The van der Waals surface area contributed by atoms with E-state index in [-0.39, 0.29) is 0 Å². The van der Waals surface area contributed by atoms with Crippen LogP contribution in [-0.4, -0.2) is 4.98 Å². The van der Waals surface area contributed by atoms with Crippen molar-refractivity contribution in [1.29, 1.82) is 0 Å². The predicted octanol–water partition coefficient (Wildman–Crippen LogP) is 16.2. The minimum atomic E-state index is 0.625. The molecule has 61 heavy (non-hydrogen) atoms. The molecular weight excluding hydrogens is 745 g/mol. The Hall–Kier alpha value is -8.21. The highest BCUT2D eigenvalue weighted by Gasteiger charge is 2.19. The van der Waals surface area contributed by atoms with E-state index < -0.39 is 0 Å². The molecule has 4 heteroatoms. The van der Waals surface area contributed by atoms with Gasteiger partial charge in [0.1, 0.15) is 16.7 Å². The van der Waals surface area contributed by atoms with Gasteiger partial charge in [0, 0.05) is 33.4 Å². The second-order valence-electron chi connectivity index (χ2n) is 15.5. The van der Waals surface area contributed by atoms with Gasteiger partial charge >= 0.3 is 0 Å². The van der Waals surface area contributed by atoms with Gasteiger partial charge in [0.15, 0.2) is 5.58 Å². The maximum absolute atomic E-state index is 6.70. The zero-order valence-electron chi connectivity index (χ0n) is 33.0. The van der Waals surface area contributed by atoms with Gasteiger partial charge in [-0.25, -0.2) is 4.98 Å². The number of furan rings is 1. The Morgan fingerprint density at radius 2 is 0.852 bits per heavy atom. The van der Waals surface area contributed by atoms with Crippen LogP contribution in [-0.2, 0) is 0 Å². The van der Waals surface area contributed by atoms with Crippen molar-refractivity contribution in [3.8, 4) is 44.8 Å². The Morgan fingerprint density at radius 3 is 1.57 bits per heavy atom. The molecule has 0 unspecified atom stereocenters. The molecule has 286 valence electrons. The molecule has 0 spiro atoms. The highest BCUT2D eigenvalue weighted by atomic mass is 16.3. The third kappa shape index (κ3) is 5.96. The minimum Gasteiger partial charge on any atom is -0.456 e. The SMILES string of the molecule is c1ccc(-c2ccc(N(c3ccccc3)c3ccc(-c4cc5oc6ccc(-c7ccc(-c8nc9ccccc9o8)c8ccccc78)cc6c5c5ccccc45)cc3)cc2)cc1. The highest BCUT2D eigenvalue weighted by Crippen LogP contribution is 2.44. The molecule has 0 aliphatic heterocycles. The summed E-state index contributed by atoms with van der Waals surface area (Å²) < 4.78 is 12.9. The maximum atomic E-state index is 6.70. The Balaban J connectivity index is 0.938. The van der Waals surface area contributed by atoms with Crippen LogP contribution >= 0.6 is 0 Å². The zero-order valence-corrected chi connectivity index (χ0v) is 33.0. The van der Waals surface area contributed by atoms with E-state index in [1.807, 2.05) is 24.3 Å². The minimum absolute atomic E-state index is 0.625. The van der Waals surface area contributed by atoms with Crippen LogP contribution in [0.3, 0.4) is 0 Å². The largest absolute Gasteiger partial charge is 0.456 e. The summed E-state index contributed by atoms with van der Waals surface area (Å²) in [5.41, 5.74) is 14.5. The van der Waals surface area contributed by atoms with Crippen LogP contribution in [0.15, 0.2) is 227 Å². The number of para-hydroxylation sites is 3. The van der Waals surface area contributed by atoms with Crippen molar-refractivity contribution < 1.29 is 8.83 Å². The Kier molecular flexibility index (Phi) is 8.13. The summed E-state index contributed by atoms with van der Waals surface area (Å²) in [5, 5.41) is 6.79. The fourth-order valence-corrected chi connectivity index (χ4v) is 9.02. The van der Waals surface area contributed by atoms with Gasteiger partial charge in [-0.3, -0.25) is 0 Å². The lowest BCUT2D eigenvalue weighted by atomic mass is 9.92. The van der Waals surface area contributed by atoms with Crippen LogP contribution in [0.5, 0.6) is 0 Å². The van der Waals surface area contributed by atoms with Gasteiger partial charge in [-0.15, -0.1) is 0 Å². The first kappa shape index (κ1) is 34.8. The van der Waals surface area contributed by atoms with Gasteiger partial charge in [-0.05, 0) is 128 Å². The smallest absolute Gasteiger partial charge is 0.227 e. The summed E-state index contributed by atoms with van der Waals surface area (Å²) in [7, 11) is 0. The number of hydrogen-bond donors (Lipinski definition) is 0. The third-order valence-corrected chi connectivity index (χ3v) is 11.9. The number of oxazole rings is 1. The molecule has 10 aromatic carbocycles. The molecule has 0 saturated carbocycles. The first-order valence-electron chi connectivity index (χ1n) is 20.6. The van der Waals surface area contributed by atoms with Crippen molar-refractivity contribution in [2.24, 2.45) is 0 Å². The molecule has 0 N–H and O–H groups in total. The average molecular weight is 781 g/mol. The summed E-state index contributed by atoms with van der Waals surface area (Å²) in [5.74, 6) is 0.625. The third-order valence-electron chi connectivity index (χ3n) is 11.9. The van der Waals surface area contributed by atoms with E-state index in [4.69, 9.17) is 13.8 Å². The quantitative estimate of drug-likeness (QED) is 0.162. The standard InChI is InChI=1S/C57H36N2O2/c1-3-13-37(14-4-1)38-23-28-42(29-24-38)59(41-15-5-2-6-16-41)43-30-25-39(26-31-43)50-36-55-56(48-20-10-9-19-47(48)50)51-35-40(27-34-53(51)60-55)44-32-33-49(46-18-8-7-17-45(44)46)57-58-52-21-11-12-22-54(52)61-57/h1-36H. The van der Waals surface area contributed by atoms with Crippen LogP contribution in [0, 0.1) is 0 Å². The van der Waals surface area contributed by atoms with E-state index in [0.717, 1.165) is 94.1 Å². The number of fused-ring (bicyclic) bond motifs is 7. The molecule has 2 aromatic heterocycles. The lowest BCUT2D eigenvalue weighted by Crippen LogP contribution is -2.09. The van der Waals surface area contributed by atoms with E-state index >= 15 is 0 Å². The molecule has 4 nitrogen and oxygen atoms in total. The van der Waals surface area contributed by atoms with Gasteiger partial charge in [0.2, 0.25) is 5.89 Å². The molecule has 2 heterocycles. The van der Waals surface area contributed by atoms with Crippen molar-refractivity contribution >= 4 is 71.6 Å². The topological polar surface area (TPSA) is 42.4 Å². The summed E-state index contributed by atoms with van der Waals surface area (Å²) >= 11 is 0. The lowest BCUT2D eigenvalue weighted by molar-refractivity contribution is 0.620. The van der Waals surface area contributed by atoms with Crippen LogP contribution in [0.1, 0.15) is 0 Å². The molecular formula is C57H36N2O2. The molecule has 12 rings (SSSR count). The number of anilines is 3. The number of hydrogen-bond acceptors (Lipinski definition) is 4. The first-order valence-corrected chi connectivity index (χ1v) is 20.6.